The second kappa shape index (κ2) is 4.69. The Bertz CT molecular complexity index is 606. The summed E-state index contributed by atoms with van der Waals surface area (Å²) in [7, 11) is 0. The Morgan fingerprint density at radius 2 is 1.95 bits per heavy atom. The van der Waals surface area contributed by atoms with Crippen molar-refractivity contribution >= 4 is 0 Å². The van der Waals surface area contributed by atoms with E-state index in [0.29, 0.717) is 11.8 Å². The lowest BCUT2D eigenvalue weighted by molar-refractivity contribution is 0.242. The van der Waals surface area contributed by atoms with Gasteiger partial charge in [-0.15, -0.1) is 0 Å². The van der Waals surface area contributed by atoms with Crippen molar-refractivity contribution in [1.29, 1.82) is 0 Å². The Labute approximate surface area is 114 Å². The first kappa shape index (κ1) is 12.2. The van der Waals surface area contributed by atoms with E-state index in [1.165, 1.54) is 16.7 Å². The maximum Gasteiger partial charge on any atom is 0.122 e. The molecular formula is C17H19NO. The van der Waals surface area contributed by atoms with Crippen molar-refractivity contribution in [3.05, 3.63) is 58.9 Å². The predicted octanol–water partition coefficient (Wildman–Crippen LogP) is 3.98. The van der Waals surface area contributed by atoms with Crippen LogP contribution in [-0.4, -0.2) is 11.6 Å². The van der Waals surface area contributed by atoms with Crippen molar-refractivity contribution in [3.63, 3.8) is 0 Å². The highest BCUT2D eigenvalue weighted by Gasteiger charge is 2.29. The van der Waals surface area contributed by atoms with Crippen LogP contribution >= 0.6 is 0 Å². The molecule has 0 radical (unpaired) electrons. The highest BCUT2D eigenvalue weighted by atomic mass is 16.5. The molecule has 98 valence electrons. The summed E-state index contributed by atoms with van der Waals surface area (Å²) >= 11 is 0. The summed E-state index contributed by atoms with van der Waals surface area (Å²) in [5.41, 5.74) is 4.96. The van der Waals surface area contributed by atoms with Crippen molar-refractivity contribution in [2.24, 2.45) is 0 Å². The van der Waals surface area contributed by atoms with E-state index in [2.05, 4.69) is 50.0 Å². The summed E-state index contributed by atoms with van der Waals surface area (Å²) in [5, 5.41) is 0. The number of hydrogen-bond acceptors (Lipinski definition) is 2. The van der Waals surface area contributed by atoms with Crippen LogP contribution in [0.1, 0.15) is 41.1 Å². The fourth-order valence-corrected chi connectivity index (χ4v) is 2.92. The number of benzene rings is 1. The highest BCUT2D eigenvalue weighted by molar-refractivity contribution is 5.42. The van der Waals surface area contributed by atoms with Gasteiger partial charge in [-0.25, -0.2) is 0 Å². The highest BCUT2D eigenvalue weighted by Crippen LogP contribution is 2.42. The van der Waals surface area contributed by atoms with E-state index in [1.54, 1.807) is 0 Å². The third kappa shape index (κ3) is 2.12. The van der Waals surface area contributed by atoms with Crippen molar-refractivity contribution in [2.75, 3.05) is 6.61 Å². The van der Waals surface area contributed by atoms with Crippen LogP contribution < -0.4 is 4.74 Å². The number of aromatic nitrogens is 1. The first-order chi connectivity index (χ1) is 9.16. The van der Waals surface area contributed by atoms with Crippen molar-refractivity contribution in [2.45, 2.75) is 32.6 Å². The number of rotatable bonds is 1. The van der Waals surface area contributed by atoms with Crippen LogP contribution in [0.15, 0.2) is 36.5 Å². The molecule has 2 heterocycles. The first-order valence-corrected chi connectivity index (χ1v) is 6.81. The zero-order valence-electron chi connectivity index (χ0n) is 11.7. The fourth-order valence-electron chi connectivity index (χ4n) is 2.92. The molecule has 0 amide bonds. The SMILES string of the molecule is Cc1cnc(C)c(C2COc3ccccc3[C@H]2C)c1. The molecule has 0 saturated carbocycles. The standard InChI is InChI=1S/C17H19NO/c1-11-8-15(13(3)18-9-11)16-10-19-17-7-5-4-6-14(17)12(16)2/h4-9,12,16H,10H2,1-3H3/t12-,16?/m1/s1. The summed E-state index contributed by atoms with van der Waals surface area (Å²) in [6.45, 7) is 7.21. The second-order valence-electron chi connectivity index (χ2n) is 5.43. The van der Waals surface area contributed by atoms with Crippen LogP contribution in [0.2, 0.25) is 0 Å². The van der Waals surface area contributed by atoms with E-state index >= 15 is 0 Å². The number of hydrogen-bond donors (Lipinski definition) is 0. The maximum absolute atomic E-state index is 5.93. The summed E-state index contributed by atoms with van der Waals surface area (Å²) in [6.07, 6.45) is 1.93. The van der Waals surface area contributed by atoms with Crippen LogP contribution in [0.25, 0.3) is 0 Å². The van der Waals surface area contributed by atoms with Gasteiger partial charge in [0.25, 0.3) is 0 Å². The van der Waals surface area contributed by atoms with Gasteiger partial charge in [0.1, 0.15) is 5.75 Å². The molecule has 19 heavy (non-hydrogen) atoms. The maximum atomic E-state index is 5.93. The molecule has 0 N–H and O–H groups in total. The van der Waals surface area contributed by atoms with Gasteiger partial charge >= 0.3 is 0 Å². The van der Waals surface area contributed by atoms with Crippen LogP contribution in [0.4, 0.5) is 0 Å². The van der Waals surface area contributed by atoms with E-state index in [-0.39, 0.29) is 0 Å². The largest absolute Gasteiger partial charge is 0.493 e. The summed E-state index contributed by atoms with van der Waals surface area (Å²) < 4.78 is 5.93. The Morgan fingerprint density at radius 1 is 1.16 bits per heavy atom. The number of para-hydroxylation sites is 1. The molecule has 2 nitrogen and oxygen atoms in total. The molecule has 3 rings (SSSR count). The lowest BCUT2D eigenvalue weighted by Gasteiger charge is -2.32. The number of aryl methyl sites for hydroxylation is 2. The molecule has 2 atom stereocenters. The number of pyridine rings is 1. The minimum Gasteiger partial charge on any atom is -0.493 e. The molecular weight excluding hydrogens is 234 g/mol. The van der Waals surface area contributed by atoms with Gasteiger partial charge in [-0.3, -0.25) is 4.98 Å². The van der Waals surface area contributed by atoms with Crippen LogP contribution in [0.5, 0.6) is 5.75 Å². The quantitative estimate of drug-likeness (QED) is 0.767. The summed E-state index contributed by atoms with van der Waals surface area (Å²) in [5.74, 6) is 1.89. The molecule has 1 unspecified atom stereocenters. The molecule has 1 aromatic carbocycles. The van der Waals surface area contributed by atoms with E-state index < -0.39 is 0 Å². The molecule has 0 saturated heterocycles. The van der Waals surface area contributed by atoms with Crippen LogP contribution in [-0.2, 0) is 0 Å². The lowest BCUT2D eigenvalue weighted by Crippen LogP contribution is -2.23. The molecule has 2 heteroatoms. The van der Waals surface area contributed by atoms with Gasteiger partial charge in [-0.05, 0) is 42.5 Å². The van der Waals surface area contributed by atoms with E-state index in [0.717, 1.165) is 18.1 Å². The minimum atomic E-state index is 0.391. The molecule has 0 aliphatic carbocycles. The Kier molecular flexibility index (Phi) is 3.02. The van der Waals surface area contributed by atoms with Crippen molar-refractivity contribution in [1.82, 2.24) is 4.98 Å². The Balaban J connectivity index is 2.02. The smallest absolute Gasteiger partial charge is 0.122 e. The zero-order valence-corrected chi connectivity index (χ0v) is 11.7. The molecule has 2 aromatic rings. The first-order valence-electron chi connectivity index (χ1n) is 6.81. The third-order valence-electron chi connectivity index (χ3n) is 4.09. The molecule has 1 aromatic heterocycles. The van der Waals surface area contributed by atoms with E-state index in [9.17, 15) is 0 Å². The number of fused-ring (bicyclic) bond motifs is 1. The monoisotopic (exact) mass is 253 g/mol. The van der Waals surface area contributed by atoms with E-state index in [1.807, 2.05) is 12.3 Å². The van der Waals surface area contributed by atoms with Crippen molar-refractivity contribution in [3.8, 4) is 5.75 Å². The number of nitrogens with zero attached hydrogens (tertiary/aromatic N) is 1. The van der Waals surface area contributed by atoms with Gasteiger partial charge in [0, 0.05) is 17.8 Å². The van der Waals surface area contributed by atoms with Gasteiger partial charge in [-0.2, -0.15) is 0 Å². The zero-order chi connectivity index (χ0) is 13.4. The molecule has 1 aliphatic rings. The Morgan fingerprint density at radius 3 is 2.79 bits per heavy atom. The molecule has 1 aliphatic heterocycles. The lowest BCUT2D eigenvalue weighted by atomic mass is 9.80. The van der Waals surface area contributed by atoms with Gasteiger partial charge in [0.05, 0.1) is 6.61 Å². The normalized spacial score (nSPS) is 21.6. The Hall–Kier alpha value is -1.83. The predicted molar refractivity (Wildman–Crippen MR) is 76.8 cm³/mol. The molecule has 0 spiro atoms. The van der Waals surface area contributed by atoms with Crippen LogP contribution in [0, 0.1) is 13.8 Å². The summed E-state index contributed by atoms with van der Waals surface area (Å²) in [4.78, 5) is 4.49. The third-order valence-corrected chi connectivity index (χ3v) is 4.09. The van der Waals surface area contributed by atoms with E-state index in [4.69, 9.17) is 4.74 Å². The van der Waals surface area contributed by atoms with Gasteiger partial charge in [0.15, 0.2) is 0 Å². The van der Waals surface area contributed by atoms with Gasteiger partial charge in [-0.1, -0.05) is 31.2 Å². The second-order valence-corrected chi connectivity index (χ2v) is 5.43. The fraction of sp³-hybridized carbons (Fsp3) is 0.353. The average molecular weight is 253 g/mol. The van der Waals surface area contributed by atoms with Gasteiger partial charge in [0.2, 0.25) is 0 Å². The summed E-state index contributed by atoms with van der Waals surface area (Å²) in [6, 6.07) is 10.6. The minimum absolute atomic E-state index is 0.391. The molecule has 0 bridgehead atoms. The van der Waals surface area contributed by atoms with Crippen molar-refractivity contribution < 1.29 is 4.74 Å². The number of ether oxygens (including phenoxy) is 1. The average Bonchev–Trinajstić information content (AvgIpc) is 2.43. The van der Waals surface area contributed by atoms with Gasteiger partial charge < -0.3 is 4.74 Å². The van der Waals surface area contributed by atoms with Crippen LogP contribution in [0.3, 0.4) is 0 Å². The molecule has 0 fully saturated rings. The topological polar surface area (TPSA) is 22.1 Å².